The van der Waals surface area contributed by atoms with Gasteiger partial charge in [-0.25, -0.2) is 0 Å². The first-order valence-corrected chi connectivity index (χ1v) is 5.72. The lowest BCUT2D eigenvalue weighted by molar-refractivity contribution is 0.0909. The topological polar surface area (TPSA) is 58.6 Å². The summed E-state index contributed by atoms with van der Waals surface area (Å²) in [7, 11) is 1.59. The first kappa shape index (κ1) is 13.7. The van der Waals surface area contributed by atoms with Gasteiger partial charge in [0.2, 0.25) is 0 Å². The van der Waals surface area contributed by atoms with E-state index in [0.29, 0.717) is 18.6 Å². The van der Waals surface area contributed by atoms with Crippen molar-refractivity contribution >= 4 is 5.91 Å². The third kappa shape index (κ3) is 4.17. The molecule has 2 N–H and O–H groups in total. The Morgan fingerprint density at radius 3 is 2.82 bits per heavy atom. The predicted octanol–water partition coefficient (Wildman–Crippen LogP) is 1.33. The molecule has 0 saturated heterocycles. The molecule has 1 aromatic rings. The zero-order valence-corrected chi connectivity index (χ0v) is 10.3. The second-order valence-electron chi connectivity index (χ2n) is 3.86. The molecule has 4 nitrogen and oxygen atoms in total. The number of hydrogen-bond acceptors (Lipinski definition) is 3. The fourth-order valence-corrected chi connectivity index (χ4v) is 1.47. The van der Waals surface area contributed by atoms with Crippen LogP contribution in [0.2, 0.25) is 0 Å². The molecule has 0 heterocycles. The van der Waals surface area contributed by atoms with Crippen molar-refractivity contribution in [2.75, 3.05) is 13.7 Å². The Morgan fingerprint density at radius 1 is 1.47 bits per heavy atom. The van der Waals surface area contributed by atoms with E-state index in [4.69, 9.17) is 4.74 Å². The SMILES string of the molecule is CCC(O)CNC(=O)c1ccccc1COC. The van der Waals surface area contributed by atoms with Crippen molar-refractivity contribution in [2.45, 2.75) is 26.1 Å². The van der Waals surface area contributed by atoms with Crippen LogP contribution in [0.1, 0.15) is 29.3 Å². The minimum absolute atomic E-state index is 0.176. The number of carbonyl (C=O) groups is 1. The van der Waals surface area contributed by atoms with Gasteiger partial charge in [0.05, 0.1) is 12.7 Å². The van der Waals surface area contributed by atoms with Gasteiger partial charge in [-0.2, -0.15) is 0 Å². The van der Waals surface area contributed by atoms with Gasteiger partial charge in [0.25, 0.3) is 5.91 Å². The Hall–Kier alpha value is -1.39. The van der Waals surface area contributed by atoms with Crippen molar-refractivity contribution in [3.8, 4) is 0 Å². The van der Waals surface area contributed by atoms with E-state index in [9.17, 15) is 9.90 Å². The molecule has 0 aromatic heterocycles. The molecule has 0 aliphatic heterocycles. The zero-order chi connectivity index (χ0) is 12.7. The Morgan fingerprint density at radius 2 is 2.18 bits per heavy atom. The number of benzene rings is 1. The van der Waals surface area contributed by atoms with E-state index in [0.717, 1.165) is 5.56 Å². The van der Waals surface area contributed by atoms with Gasteiger partial charge in [0.1, 0.15) is 0 Å². The van der Waals surface area contributed by atoms with E-state index in [1.807, 2.05) is 25.1 Å². The molecule has 1 amide bonds. The molecule has 1 unspecified atom stereocenters. The van der Waals surface area contributed by atoms with Gasteiger partial charge in [-0.3, -0.25) is 4.79 Å². The number of nitrogens with one attached hydrogen (secondary N) is 1. The fourth-order valence-electron chi connectivity index (χ4n) is 1.47. The second kappa shape index (κ2) is 7.04. The van der Waals surface area contributed by atoms with Gasteiger partial charge in [-0.15, -0.1) is 0 Å². The minimum Gasteiger partial charge on any atom is -0.391 e. The highest BCUT2D eigenvalue weighted by Gasteiger charge is 2.11. The van der Waals surface area contributed by atoms with Crippen LogP contribution in [-0.2, 0) is 11.3 Å². The molecule has 17 heavy (non-hydrogen) atoms. The number of aliphatic hydroxyl groups is 1. The summed E-state index contributed by atoms with van der Waals surface area (Å²) in [5, 5.41) is 12.1. The Kier molecular flexibility index (Phi) is 5.66. The maximum absolute atomic E-state index is 11.9. The molecular weight excluding hydrogens is 218 g/mol. The van der Waals surface area contributed by atoms with Crippen molar-refractivity contribution in [1.29, 1.82) is 0 Å². The molecule has 1 rings (SSSR count). The van der Waals surface area contributed by atoms with Crippen molar-refractivity contribution in [3.63, 3.8) is 0 Å². The number of hydrogen-bond donors (Lipinski definition) is 2. The van der Waals surface area contributed by atoms with E-state index in [-0.39, 0.29) is 12.5 Å². The first-order valence-electron chi connectivity index (χ1n) is 5.72. The van der Waals surface area contributed by atoms with E-state index >= 15 is 0 Å². The van der Waals surface area contributed by atoms with E-state index in [2.05, 4.69) is 5.32 Å². The molecule has 0 bridgehead atoms. The first-order chi connectivity index (χ1) is 8.19. The lowest BCUT2D eigenvalue weighted by Gasteiger charge is -2.11. The van der Waals surface area contributed by atoms with Crippen LogP contribution in [0.25, 0.3) is 0 Å². The molecule has 0 fully saturated rings. The summed E-state index contributed by atoms with van der Waals surface area (Å²) in [6.07, 6.45) is 0.133. The van der Waals surface area contributed by atoms with Gasteiger partial charge in [0.15, 0.2) is 0 Å². The van der Waals surface area contributed by atoms with Crippen LogP contribution in [0.3, 0.4) is 0 Å². The molecule has 1 atom stereocenters. The molecular formula is C13H19NO3. The van der Waals surface area contributed by atoms with Gasteiger partial charge in [-0.1, -0.05) is 25.1 Å². The average Bonchev–Trinajstić information content (AvgIpc) is 2.36. The third-order valence-corrected chi connectivity index (χ3v) is 2.53. The highest BCUT2D eigenvalue weighted by Crippen LogP contribution is 2.09. The number of carbonyl (C=O) groups excluding carboxylic acids is 1. The molecule has 0 radical (unpaired) electrons. The molecule has 1 aromatic carbocycles. The van der Waals surface area contributed by atoms with Crippen LogP contribution >= 0.6 is 0 Å². The van der Waals surface area contributed by atoms with Gasteiger partial charge in [0, 0.05) is 19.2 Å². The van der Waals surface area contributed by atoms with Crippen molar-refractivity contribution in [1.82, 2.24) is 5.32 Å². The van der Waals surface area contributed by atoms with Crippen molar-refractivity contribution in [2.24, 2.45) is 0 Å². The summed E-state index contributed by atoms with van der Waals surface area (Å²) in [5.74, 6) is -0.176. The Labute approximate surface area is 102 Å². The monoisotopic (exact) mass is 237 g/mol. The van der Waals surface area contributed by atoms with Gasteiger partial charge < -0.3 is 15.2 Å². The summed E-state index contributed by atoms with van der Waals surface area (Å²) in [6.45, 7) is 2.55. The van der Waals surface area contributed by atoms with Crippen LogP contribution in [0.5, 0.6) is 0 Å². The minimum atomic E-state index is -0.492. The maximum Gasteiger partial charge on any atom is 0.251 e. The van der Waals surface area contributed by atoms with E-state index < -0.39 is 6.10 Å². The molecule has 0 spiro atoms. The highest BCUT2D eigenvalue weighted by atomic mass is 16.5. The normalized spacial score (nSPS) is 12.2. The number of amides is 1. The lowest BCUT2D eigenvalue weighted by Crippen LogP contribution is -2.32. The van der Waals surface area contributed by atoms with E-state index in [1.54, 1.807) is 13.2 Å². The van der Waals surface area contributed by atoms with Crippen LogP contribution in [0.15, 0.2) is 24.3 Å². The van der Waals surface area contributed by atoms with Crippen molar-refractivity contribution in [3.05, 3.63) is 35.4 Å². The van der Waals surface area contributed by atoms with Crippen LogP contribution in [0, 0.1) is 0 Å². The summed E-state index contributed by atoms with van der Waals surface area (Å²) < 4.78 is 5.04. The smallest absolute Gasteiger partial charge is 0.251 e. The summed E-state index contributed by atoms with van der Waals surface area (Å²) >= 11 is 0. The molecule has 0 aliphatic rings. The summed E-state index contributed by atoms with van der Waals surface area (Å²) in [4.78, 5) is 11.9. The van der Waals surface area contributed by atoms with Crippen LogP contribution < -0.4 is 5.32 Å². The fraction of sp³-hybridized carbons (Fsp3) is 0.462. The molecule has 94 valence electrons. The second-order valence-corrected chi connectivity index (χ2v) is 3.86. The number of ether oxygens (including phenoxy) is 1. The Balaban J connectivity index is 2.67. The third-order valence-electron chi connectivity index (χ3n) is 2.53. The molecule has 0 aliphatic carbocycles. The summed E-state index contributed by atoms with van der Waals surface area (Å²) in [6, 6.07) is 7.28. The lowest BCUT2D eigenvalue weighted by atomic mass is 10.1. The molecule has 4 heteroatoms. The molecule has 0 saturated carbocycles. The van der Waals surface area contributed by atoms with Gasteiger partial charge >= 0.3 is 0 Å². The quantitative estimate of drug-likeness (QED) is 0.784. The van der Waals surface area contributed by atoms with Crippen molar-refractivity contribution < 1.29 is 14.6 Å². The Bertz CT molecular complexity index is 365. The highest BCUT2D eigenvalue weighted by molar-refractivity contribution is 5.95. The predicted molar refractivity (Wildman–Crippen MR) is 65.8 cm³/mol. The number of aliphatic hydroxyl groups excluding tert-OH is 1. The summed E-state index contributed by atoms with van der Waals surface area (Å²) in [5.41, 5.74) is 1.44. The standard InChI is InChI=1S/C13H19NO3/c1-3-11(15)8-14-13(16)12-7-5-4-6-10(12)9-17-2/h4-7,11,15H,3,8-9H2,1-2H3,(H,14,16). The number of rotatable bonds is 6. The largest absolute Gasteiger partial charge is 0.391 e. The maximum atomic E-state index is 11.9. The van der Waals surface area contributed by atoms with Crippen LogP contribution in [0.4, 0.5) is 0 Å². The average molecular weight is 237 g/mol. The zero-order valence-electron chi connectivity index (χ0n) is 10.3. The van der Waals surface area contributed by atoms with Gasteiger partial charge in [-0.05, 0) is 18.1 Å². The van der Waals surface area contributed by atoms with Crippen LogP contribution in [-0.4, -0.2) is 30.8 Å². The number of methoxy groups -OCH3 is 1. The van der Waals surface area contributed by atoms with E-state index in [1.165, 1.54) is 0 Å².